The van der Waals surface area contributed by atoms with Crippen LogP contribution in [0.1, 0.15) is 51.9 Å². The molecule has 7 nitrogen and oxygen atoms in total. The van der Waals surface area contributed by atoms with Crippen LogP contribution in [0.15, 0.2) is 6.07 Å². The number of nitriles is 1. The van der Waals surface area contributed by atoms with Crippen LogP contribution >= 0.6 is 0 Å². The lowest BCUT2D eigenvalue weighted by Crippen LogP contribution is -2.56. The Morgan fingerprint density at radius 2 is 2.04 bits per heavy atom. The first-order chi connectivity index (χ1) is 12.6. The smallest absolute Gasteiger partial charge is 0.226 e. The predicted molar refractivity (Wildman–Crippen MR) is 106 cm³/mol. The number of ether oxygens (including phenoxy) is 1. The Morgan fingerprint density at radius 3 is 2.63 bits per heavy atom. The Hall–Kier alpha value is -1.40. The topological polar surface area (TPSA) is 97.1 Å². The Kier molecular flexibility index (Phi) is 5.69. The predicted octanol–water partition coefficient (Wildman–Crippen LogP) is 2.08. The van der Waals surface area contributed by atoms with Crippen LogP contribution in [-0.4, -0.2) is 51.1 Å². The lowest BCUT2D eigenvalue weighted by Gasteiger charge is -2.43. The number of rotatable bonds is 3. The first-order valence-electron chi connectivity index (χ1n) is 9.45. The molecule has 2 aliphatic rings. The van der Waals surface area contributed by atoms with Crippen LogP contribution in [0.4, 0.5) is 5.95 Å². The highest BCUT2D eigenvalue weighted by molar-refractivity contribution is 7.90. The summed E-state index contributed by atoms with van der Waals surface area (Å²) in [6.45, 7) is 12.1. The minimum Gasteiger partial charge on any atom is -0.598 e. The number of aromatic nitrogens is 2. The van der Waals surface area contributed by atoms with E-state index in [9.17, 15) is 4.55 Å². The van der Waals surface area contributed by atoms with Crippen molar-refractivity contribution in [2.75, 3.05) is 24.6 Å². The summed E-state index contributed by atoms with van der Waals surface area (Å²) >= 11 is -1.13. The highest BCUT2D eigenvalue weighted by atomic mass is 32.2. The van der Waals surface area contributed by atoms with Gasteiger partial charge in [0.2, 0.25) is 5.95 Å². The van der Waals surface area contributed by atoms with Crippen molar-refractivity contribution in [3.8, 4) is 6.07 Å². The third-order valence-electron chi connectivity index (χ3n) is 5.55. The zero-order chi connectivity index (χ0) is 19.8. The van der Waals surface area contributed by atoms with Crippen LogP contribution in [-0.2, 0) is 16.1 Å². The van der Waals surface area contributed by atoms with E-state index in [2.05, 4.69) is 32.6 Å². The SMILES string of the molecule is Cc1cc(C#N)nc(N2CCC3(CC2)CO[C@@H](C)[C@H]3N[S+]([O-])C(C)(C)C)n1. The molecule has 2 fully saturated rings. The number of hydrogen-bond donors (Lipinski definition) is 1. The van der Waals surface area contributed by atoms with Gasteiger partial charge in [-0.2, -0.15) is 5.26 Å². The average Bonchev–Trinajstić information content (AvgIpc) is 2.90. The second-order valence-electron chi connectivity index (χ2n) is 8.65. The molecule has 0 saturated carbocycles. The molecule has 2 aliphatic heterocycles. The Morgan fingerprint density at radius 1 is 1.37 bits per heavy atom. The normalized spacial score (nSPS) is 26.2. The molecule has 1 N–H and O–H groups in total. The van der Waals surface area contributed by atoms with Crippen molar-refractivity contribution < 1.29 is 9.29 Å². The number of nitrogens with one attached hydrogen (secondary N) is 1. The third kappa shape index (κ3) is 4.21. The number of piperidine rings is 1. The molecule has 3 atom stereocenters. The van der Waals surface area contributed by atoms with Gasteiger partial charge in [-0.15, -0.1) is 4.72 Å². The van der Waals surface area contributed by atoms with Crippen LogP contribution < -0.4 is 9.62 Å². The first kappa shape index (κ1) is 20.3. The number of hydrogen-bond acceptors (Lipinski definition) is 7. The van der Waals surface area contributed by atoms with Crippen molar-refractivity contribution in [2.24, 2.45) is 5.41 Å². The standard InChI is InChI=1S/C19H29N5O2S/c1-13-10-15(11-20)22-17(21-13)24-8-6-19(7-9-24)12-26-14(2)16(19)23-27(25)18(3,4)5/h10,14,16,23H,6-9,12H2,1-5H3/t14-,16+,27?/m0/s1. The average molecular weight is 392 g/mol. The monoisotopic (exact) mass is 391 g/mol. The van der Waals surface area contributed by atoms with E-state index in [1.54, 1.807) is 6.07 Å². The minimum absolute atomic E-state index is 0.0291. The van der Waals surface area contributed by atoms with E-state index < -0.39 is 11.4 Å². The Balaban J connectivity index is 1.73. The van der Waals surface area contributed by atoms with Crippen LogP contribution in [0.3, 0.4) is 0 Å². The highest BCUT2D eigenvalue weighted by Gasteiger charge is 2.52. The molecule has 0 aromatic carbocycles. The van der Waals surface area contributed by atoms with Gasteiger partial charge in [0.1, 0.15) is 16.5 Å². The molecule has 0 bridgehead atoms. The van der Waals surface area contributed by atoms with Gasteiger partial charge in [0.15, 0.2) is 0 Å². The molecule has 0 aliphatic carbocycles. The molecule has 3 rings (SSSR count). The van der Waals surface area contributed by atoms with Gasteiger partial charge in [-0.05, 0) is 53.5 Å². The summed E-state index contributed by atoms with van der Waals surface area (Å²) in [6.07, 6.45) is 1.86. The summed E-state index contributed by atoms with van der Waals surface area (Å²) in [4.78, 5) is 11.0. The largest absolute Gasteiger partial charge is 0.598 e. The summed E-state index contributed by atoms with van der Waals surface area (Å²) < 4.78 is 21.7. The molecular weight excluding hydrogens is 362 g/mol. The van der Waals surface area contributed by atoms with E-state index in [1.165, 1.54) is 0 Å². The molecule has 1 aromatic rings. The maximum Gasteiger partial charge on any atom is 0.226 e. The lowest BCUT2D eigenvalue weighted by atomic mass is 9.73. The zero-order valence-electron chi connectivity index (χ0n) is 16.8. The first-order valence-corrected chi connectivity index (χ1v) is 10.6. The van der Waals surface area contributed by atoms with Crippen molar-refractivity contribution in [1.29, 1.82) is 5.26 Å². The Labute approximate surface area is 164 Å². The van der Waals surface area contributed by atoms with Gasteiger partial charge in [0.05, 0.1) is 18.8 Å². The van der Waals surface area contributed by atoms with Gasteiger partial charge in [-0.1, -0.05) is 0 Å². The molecule has 3 heterocycles. The molecule has 1 unspecified atom stereocenters. The van der Waals surface area contributed by atoms with Crippen LogP contribution in [0.5, 0.6) is 0 Å². The van der Waals surface area contributed by atoms with E-state index in [4.69, 9.17) is 10.00 Å². The second-order valence-corrected chi connectivity index (χ2v) is 10.6. The van der Waals surface area contributed by atoms with E-state index in [-0.39, 0.29) is 22.3 Å². The fourth-order valence-corrected chi connectivity index (χ4v) is 4.88. The molecule has 2 saturated heterocycles. The zero-order valence-corrected chi connectivity index (χ0v) is 17.6. The molecular formula is C19H29N5O2S. The molecule has 0 amide bonds. The third-order valence-corrected chi connectivity index (χ3v) is 7.13. The van der Waals surface area contributed by atoms with Gasteiger partial charge in [-0.3, -0.25) is 0 Å². The maximum absolute atomic E-state index is 12.7. The maximum atomic E-state index is 12.7. The molecule has 0 radical (unpaired) electrons. The van der Waals surface area contributed by atoms with Crippen molar-refractivity contribution in [3.05, 3.63) is 17.5 Å². The van der Waals surface area contributed by atoms with E-state index >= 15 is 0 Å². The van der Waals surface area contributed by atoms with Crippen LogP contribution in [0.2, 0.25) is 0 Å². The van der Waals surface area contributed by atoms with E-state index in [1.807, 2.05) is 27.7 Å². The van der Waals surface area contributed by atoms with Gasteiger partial charge in [-0.25, -0.2) is 9.97 Å². The molecule has 1 aromatic heterocycles. The van der Waals surface area contributed by atoms with Crippen molar-refractivity contribution in [1.82, 2.24) is 14.7 Å². The minimum atomic E-state index is -1.13. The fraction of sp³-hybridized carbons (Fsp3) is 0.737. The van der Waals surface area contributed by atoms with E-state index in [0.717, 1.165) is 31.6 Å². The second kappa shape index (κ2) is 7.55. The van der Waals surface area contributed by atoms with Gasteiger partial charge in [0, 0.05) is 35.6 Å². The summed E-state index contributed by atoms with van der Waals surface area (Å²) in [5.74, 6) is 0.621. The van der Waals surface area contributed by atoms with Crippen LogP contribution in [0.25, 0.3) is 0 Å². The van der Waals surface area contributed by atoms with E-state index in [0.29, 0.717) is 18.2 Å². The van der Waals surface area contributed by atoms with Gasteiger partial charge < -0.3 is 14.2 Å². The van der Waals surface area contributed by atoms with Crippen molar-refractivity contribution >= 4 is 17.3 Å². The van der Waals surface area contributed by atoms with Crippen LogP contribution in [0, 0.1) is 23.7 Å². The van der Waals surface area contributed by atoms with Gasteiger partial charge in [0.25, 0.3) is 0 Å². The molecule has 148 valence electrons. The summed E-state index contributed by atoms with van der Waals surface area (Å²) in [7, 11) is 0. The molecule has 8 heteroatoms. The lowest BCUT2D eigenvalue weighted by molar-refractivity contribution is 0.0972. The quantitative estimate of drug-likeness (QED) is 0.788. The van der Waals surface area contributed by atoms with Crippen molar-refractivity contribution in [3.63, 3.8) is 0 Å². The highest BCUT2D eigenvalue weighted by Crippen LogP contribution is 2.43. The molecule has 27 heavy (non-hydrogen) atoms. The summed E-state index contributed by atoms with van der Waals surface area (Å²) in [5.41, 5.74) is 1.17. The van der Waals surface area contributed by atoms with Crippen molar-refractivity contribution in [2.45, 2.75) is 64.4 Å². The summed E-state index contributed by atoms with van der Waals surface area (Å²) in [6, 6.07) is 3.86. The number of nitrogens with zero attached hydrogens (tertiary/aromatic N) is 4. The molecule has 1 spiro atoms. The Bertz CT molecular complexity index is 722. The number of aryl methyl sites for hydroxylation is 1. The summed E-state index contributed by atoms with van der Waals surface area (Å²) in [5, 5.41) is 9.15. The van der Waals surface area contributed by atoms with Gasteiger partial charge >= 0.3 is 0 Å². The number of anilines is 1. The fourth-order valence-electron chi connectivity index (χ4n) is 3.85.